The van der Waals surface area contributed by atoms with Crippen LogP contribution < -0.4 is 0 Å². The predicted molar refractivity (Wildman–Crippen MR) is 87.8 cm³/mol. The van der Waals surface area contributed by atoms with Crippen molar-refractivity contribution >= 4 is 39.4 Å². The molecular weight excluding hydrogens is 332 g/mol. The van der Waals surface area contributed by atoms with Crippen LogP contribution >= 0.6 is 17.0 Å². The van der Waals surface area contributed by atoms with Crippen molar-refractivity contribution in [2.24, 2.45) is 5.92 Å². The molecule has 2 N–H and O–H groups in total. The number of carboxylic acids is 1. The van der Waals surface area contributed by atoms with Gasteiger partial charge in [-0.2, -0.15) is 0 Å². The van der Waals surface area contributed by atoms with Gasteiger partial charge in [-0.1, -0.05) is 18.2 Å². The second-order valence-electron chi connectivity index (χ2n) is 5.77. The normalized spacial score (nSPS) is 24.1. The lowest BCUT2D eigenvalue weighted by molar-refractivity contribution is -0.140. The van der Waals surface area contributed by atoms with Gasteiger partial charge < -0.3 is 10.1 Å². The molecule has 1 aliphatic carbocycles. The number of hydrogen-bond donors (Lipinski definition) is 2. The van der Waals surface area contributed by atoms with Gasteiger partial charge in [0.1, 0.15) is 0 Å². The molecule has 2 atom stereocenters. The number of nitrogens with zero attached hydrogens (tertiary/aromatic N) is 1. The summed E-state index contributed by atoms with van der Waals surface area (Å²) < 4.78 is 0. The maximum atomic E-state index is 11.3. The third kappa shape index (κ3) is 2.03. The van der Waals surface area contributed by atoms with Crippen molar-refractivity contribution in [1.29, 1.82) is 0 Å². The molecule has 2 aliphatic rings. The average molecular weight is 349 g/mol. The van der Waals surface area contributed by atoms with Crippen LogP contribution in [0.1, 0.15) is 11.1 Å². The molecule has 5 heteroatoms. The van der Waals surface area contributed by atoms with E-state index in [1.165, 1.54) is 22.1 Å². The van der Waals surface area contributed by atoms with Crippen molar-refractivity contribution in [3.05, 3.63) is 41.6 Å². The van der Waals surface area contributed by atoms with Crippen molar-refractivity contribution in [3.8, 4) is 0 Å². The van der Waals surface area contributed by atoms with E-state index in [1.807, 2.05) is 19.2 Å². The minimum absolute atomic E-state index is 0. The maximum absolute atomic E-state index is 11.3. The largest absolute Gasteiger partial charge is 0.481 e. The highest BCUT2D eigenvalue weighted by atomic mass is 79.9. The number of carboxylic acid groups (broad SMARTS) is 1. The molecule has 0 saturated carbocycles. The Labute approximate surface area is 133 Å². The Hall–Kier alpha value is -1.59. The zero-order valence-electron chi connectivity index (χ0n) is 11.7. The molecule has 1 aliphatic heterocycles. The molecule has 0 bridgehead atoms. The molecule has 21 heavy (non-hydrogen) atoms. The van der Waals surface area contributed by atoms with Crippen molar-refractivity contribution in [2.75, 3.05) is 13.6 Å². The van der Waals surface area contributed by atoms with Gasteiger partial charge in [0.25, 0.3) is 0 Å². The monoisotopic (exact) mass is 348 g/mol. The Morgan fingerprint density at radius 3 is 3.00 bits per heavy atom. The van der Waals surface area contributed by atoms with Gasteiger partial charge in [0.05, 0.1) is 5.92 Å². The summed E-state index contributed by atoms with van der Waals surface area (Å²) in [6, 6.07) is 6.51. The lowest BCUT2D eigenvalue weighted by atomic mass is 9.80. The third-order valence-electron chi connectivity index (χ3n) is 4.59. The van der Waals surface area contributed by atoms with Crippen molar-refractivity contribution in [1.82, 2.24) is 9.88 Å². The highest BCUT2D eigenvalue weighted by Crippen LogP contribution is 2.40. The number of halogens is 1. The summed E-state index contributed by atoms with van der Waals surface area (Å²) in [5.41, 5.74) is 4.83. The maximum Gasteiger partial charge on any atom is 0.311 e. The molecule has 110 valence electrons. The van der Waals surface area contributed by atoms with Crippen molar-refractivity contribution in [2.45, 2.75) is 12.5 Å². The smallest absolute Gasteiger partial charge is 0.311 e. The second kappa shape index (κ2) is 5.00. The summed E-state index contributed by atoms with van der Waals surface area (Å²) in [6.07, 6.45) is 4.99. The van der Waals surface area contributed by atoms with Crippen LogP contribution in [0.5, 0.6) is 0 Å². The van der Waals surface area contributed by atoms with Gasteiger partial charge >= 0.3 is 5.97 Å². The summed E-state index contributed by atoms with van der Waals surface area (Å²) in [6.45, 7) is 0.583. The van der Waals surface area contributed by atoms with E-state index in [0.29, 0.717) is 12.6 Å². The lowest BCUT2D eigenvalue weighted by Gasteiger charge is -2.38. The first kappa shape index (κ1) is 14.4. The van der Waals surface area contributed by atoms with Crippen LogP contribution in [0.3, 0.4) is 0 Å². The molecular formula is C16H17BrN2O2. The number of benzene rings is 1. The predicted octanol–water partition coefficient (Wildman–Crippen LogP) is 2.70. The van der Waals surface area contributed by atoms with Gasteiger partial charge in [0.2, 0.25) is 0 Å². The SMILES string of the molecule is Br.CN1C[C@H](C(=O)O)C=C2c3cccc4[nH]cc(c34)C[C@H]21. The van der Waals surface area contributed by atoms with Crippen LogP contribution in [0.25, 0.3) is 16.5 Å². The minimum atomic E-state index is -0.741. The van der Waals surface area contributed by atoms with E-state index in [9.17, 15) is 9.90 Å². The fourth-order valence-electron chi connectivity index (χ4n) is 3.61. The van der Waals surface area contributed by atoms with Crippen LogP contribution in [0.15, 0.2) is 30.5 Å². The summed E-state index contributed by atoms with van der Waals surface area (Å²) in [5, 5.41) is 10.6. The number of aliphatic carboxylic acids is 1. The zero-order valence-corrected chi connectivity index (χ0v) is 13.4. The molecule has 0 saturated heterocycles. The Morgan fingerprint density at radius 2 is 2.24 bits per heavy atom. The number of nitrogens with one attached hydrogen (secondary N) is 1. The van der Waals surface area contributed by atoms with E-state index in [-0.39, 0.29) is 17.0 Å². The number of fused-ring (bicyclic) bond motifs is 2. The minimum Gasteiger partial charge on any atom is -0.481 e. The highest BCUT2D eigenvalue weighted by Gasteiger charge is 2.35. The molecule has 1 aromatic carbocycles. The fraction of sp³-hybridized carbons (Fsp3) is 0.312. The van der Waals surface area contributed by atoms with E-state index >= 15 is 0 Å². The number of rotatable bonds is 1. The molecule has 2 aromatic rings. The van der Waals surface area contributed by atoms with Gasteiger partial charge in [-0.05, 0) is 36.2 Å². The Bertz CT molecular complexity index is 750. The molecule has 0 spiro atoms. The first-order valence-electron chi connectivity index (χ1n) is 6.89. The quantitative estimate of drug-likeness (QED) is 0.832. The van der Waals surface area contributed by atoms with Gasteiger partial charge in [0.15, 0.2) is 0 Å². The molecule has 4 rings (SSSR count). The van der Waals surface area contributed by atoms with Crippen LogP contribution in [0.2, 0.25) is 0 Å². The van der Waals surface area contributed by atoms with E-state index in [2.05, 4.69) is 28.2 Å². The Morgan fingerprint density at radius 1 is 1.43 bits per heavy atom. The third-order valence-corrected chi connectivity index (χ3v) is 4.59. The summed E-state index contributed by atoms with van der Waals surface area (Å²) in [7, 11) is 2.02. The molecule has 2 heterocycles. The second-order valence-corrected chi connectivity index (χ2v) is 5.77. The first-order valence-corrected chi connectivity index (χ1v) is 6.89. The highest BCUT2D eigenvalue weighted by molar-refractivity contribution is 8.93. The van der Waals surface area contributed by atoms with Gasteiger partial charge in [-0.15, -0.1) is 17.0 Å². The number of aromatic nitrogens is 1. The number of likely N-dealkylation sites (N-methyl/N-ethyl adjacent to an activating group) is 1. The number of carbonyl (C=O) groups is 1. The van der Waals surface area contributed by atoms with E-state index < -0.39 is 11.9 Å². The molecule has 0 fully saturated rings. The van der Waals surface area contributed by atoms with E-state index in [0.717, 1.165) is 11.9 Å². The number of H-pyrrole nitrogens is 1. The van der Waals surface area contributed by atoms with Crippen LogP contribution in [0.4, 0.5) is 0 Å². The van der Waals surface area contributed by atoms with Crippen molar-refractivity contribution in [3.63, 3.8) is 0 Å². The topological polar surface area (TPSA) is 56.3 Å². The Balaban J connectivity index is 0.00000132. The fourth-order valence-corrected chi connectivity index (χ4v) is 3.61. The summed E-state index contributed by atoms with van der Waals surface area (Å²) >= 11 is 0. The van der Waals surface area contributed by atoms with Gasteiger partial charge in [-0.3, -0.25) is 9.69 Å². The molecule has 1 aromatic heterocycles. The summed E-state index contributed by atoms with van der Waals surface area (Å²) in [4.78, 5) is 16.8. The van der Waals surface area contributed by atoms with E-state index in [1.54, 1.807) is 0 Å². The summed E-state index contributed by atoms with van der Waals surface area (Å²) in [5.74, 6) is -1.16. The first-order chi connectivity index (χ1) is 9.65. The van der Waals surface area contributed by atoms with E-state index in [4.69, 9.17) is 0 Å². The van der Waals surface area contributed by atoms with Crippen LogP contribution in [-0.2, 0) is 11.2 Å². The Kier molecular flexibility index (Phi) is 3.42. The standard InChI is InChI=1S/C16H16N2O2.BrH/c1-18-8-10(16(19)20)5-12-11-3-2-4-13-15(11)9(7-17-13)6-14(12)18;/h2-5,7,10,14,17H,6,8H2,1H3,(H,19,20);1H/t10-,14-;/m1./s1. The average Bonchev–Trinajstić information content (AvgIpc) is 2.84. The molecule has 0 unspecified atom stereocenters. The van der Waals surface area contributed by atoms with Crippen molar-refractivity contribution < 1.29 is 9.90 Å². The molecule has 4 nitrogen and oxygen atoms in total. The van der Waals surface area contributed by atoms with Crippen LogP contribution in [0, 0.1) is 5.92 Å². The molecule has 0 amide bonds. The van der Waals surface area contributed by atoms with Gasteiger partial charge in [-0.25, -0.2) is 0 Å². The zero-order chi connectivity index (χ0) is 13.9. The number of hydrogen-bond acceptors (Lipinski definition) is 2. The van der Waals surface area contributed by atoms with Gasteiger partial charge in [0, 0.05) is 29.7 Å². The van der Waals surface area contributed by atoms with Crippen LogP contribution in [-0.4, -0.2) is 40.6 Å². The number of aromatic amines is 1. The lowest BCUT2D eigenvalue weighted by Crippen LogP contribution is -2.44. The molecule has 0 radical (unpaired) electrons.